The molecular formula is C16H18N2O7. The van der Waals surface area contributed by atoms with E-state index in [4.69, 9.17) is 9.47 Å². The van der Waals surface area contributed by atoms with Gasteiger partial charge in [0.25, 0.3) is 17.4 Å². The molecule has 0 saturated carbocycles. The summed E-state index contributed by atoms with van der Waals surface area (Å²) in [4.78, 5) is 36.4. The molecule has 2 aliphatic heterocycles. The number of carbonyl (C=O) groups is 2. The second kappa shape index (κ2) is 5.78. The van der Waals surface area contributed by atoms with Crippen LogP contribution in [0.4, 0.5) is 11.4 Å². The van der Waals surface area contributed by atoms with Crippen LogP contribution >= 0.6 is 0 Å². The van der Waals surface area contributed by atoms with E-state index >= 15 is 0 Å². The molecule has 1 saturated heterocycles. The number of methoxy groups -OCH3 is 1. The largest absolute Gasteiger partial charge is 0.468 e. The van der Waals surface area contributed by atoms with Crippen LogP contribution in [0.25, 0.3) is 0 Å². The van der Waals surface area contributed by atoms with Gasteiger partial charge in [-0.25, -0.2) is 0 Å². The molecule has 0 aromatic heterocycles. The van der Waals surface area contributed by atoms with Crippen molar-refractivity contribution in [3.05, 3.63) is 33.9 Å². The molecule has 0 radical (unpaired) electrons. The number of hydrogen-bond acceptors (Lipinski definition) is 7. The van der Waals surface area contributed by atoms with Crippen LogP contribution in [0.15, 0.2) is 18.2 Å². The van der Waals surface area contributed by atoms with E-state index in [0.717, 1.165) is 0 Å². The number of benzene rings is 1. The Balaban J connectivity index is 2.08. The highest BCUT2D eigenvalue weighted by Crippen LogP contribution is 2.48. The molecule has 0 N–H and O–H groups in total. The van der Waals surface area contributed by atoms with Crippen LogP contribution < -0.4 is 4.90 Å². The summed E-state index contributed by atoms with van der Waals surface area (Å²) >= 11 is 0. The molecule has 1 fully saturated rings. The van der Waals surface area contributed by atoms with Crippen LogP contribution in [0.1, 0.15) is 19.4 Å². The average Bonchev–Trinajstić information content (AvgIpc) is 2.79. The molecule has 9 nitrogen and oxygen atoms in total. The Hall–Kier alpha value is -2.52. The van der Waals surface area contributed by atoms with Crippen molar-refractivity contribution in [3.8, 4) is 0 Å². The second-order valence-corrected chi connectivity index (χ2v) is 6.78. The first-order chi connectivity index (χ1) is 11.7. The Morgan fingerprint density at radius 1 is 1.36 bits per heavy atom. The maximum Gasteiger partial charge on any atom is 0.325 e. The zero-order chi connectivity index (χ0) is 18.4. The molecular weight excluding hydrogens is 332 g/mol. The van der Waals surface area contributed by atoms with Gasteiger partial charge in [-0.3, -0.25) is 24.6 Å². The number of amides is 1. The highest BCUT2D eigenvalue weighted by atomic mass is 16.7. The predicted octanol–water partition coefficient (Wildman–Crippen LogP) is 1.34. The number of nitro benzene ring substituents is 1. The van der Waals surface area contributed by atoms with Gasteiger partial charge in [0.05, 0.1) is 36.5 Å². The third kappa shape index (κ3) is 2.75. The molecule has 0 unspecified atom stereocenters. The SMILES string of the molecule is COC(=O)CN1C(=O)C2(OCC(C)(C)CO2)c2cc([N+](=O)[O-])ccc21. The molecule has 1 aromatic carbocycles. The molecule has 0 aliphatic carbocycles. The number of esters is 1. The molecule has 3 rings (SSSR count). The molecule has 25 heavy (non-hydrogen) atoms. The lowest BCUT2D eigenvalue weighted by Gasteiger charge is -2.40. The summed E-state index contributed by atoms with van der Waals surface area (Å²) in [6.07, 6.45) is 0. The number of anilines is 1. The summed E-state index contributed by atoms with van der Waals surface area (Å²) in [5.41, 5.74) is 0.0667. The van der Waals surface area contributed by atoms with Gasteiger partial charge >= 0.3 is 5.97 Å². The fraction of sp³-hybridized carbons (Fsp3) is 0.500. The third-order valence-corrected chi connectivity index (χ3v) is 4.21. The maximum atomic E-state index is 13.0. The lowest BCUT2D eigenvalue weighted by atomic mass is 9.93. The number of fused-ring (bicyclic) bond motifs is 2. The molecule has 2 aliphatic rings. The van der Waals surface area contributed by atoms with E-state index in [1.165, 1.54) is 30.2 Å². The Morgan fingerprint density at radius 3 is 2.56 bits per heavy atom. The molecule has 1 amide bonds. The van der Waals surface area contributed by atoms with Gasteiger partial charge in [-0.1, -0.05) is 13.8 Å². The van der Waals surface area contributed by atoms with Crippen LogP contribution in [0.5, 0.6) is 0 Å². The Kier molecular flexibility index (Phi) is 4.00. The lowest BCUT2D eigenvalue weighted by molar-refractivity contribution is -0.385. The summed E-state index contributed by atoms with van der Waals surface area (Å²) in [6, 6.07) is 3.93. The van der Waals surface area contributed by atoms with E-state index in [2.05, 4.69) is 4.74 Å². The monoisotopic (exact) mass is 350 g/mol. The first-order valence-corrected chi connectivity index (χ1v) is 7.66. The van der Waals surface area contributed by atoms with Crippen LogP contribution in [0, 0.1) is 15.5 Å². The summed E-state index contributed by atoms with van der Waals surface area (Å²) in [7, 11) is 1.21. The first-order valence-electron chi connectivity index (χ1n) is 7.66. The summed E-state index contributed by atoms with van der Waals surface area (Å²) < 4.78 is 16.2. The number of rotatable bonds is 3. The molecule has 134 valence electrons. The van der Waals surface area contributed by atoms with Crippen molar-refractivity contribution in [2.45, 2.75) is 19.6 Å². The van der Waals surface area contributed by atoms with Gasteiger partial charge in [0.2, 0.25) is 0 Å². The zero-order valence-corrected chi connectivity index (χ0v) is 14.1. The van der Waals surface area contributed by atoms with Crippen molar-refractivity contribution in [1.29, 1.82) is 0 Å². The topological polar surface area (TPSA) is 108 Å². The zero-order valence-electron chi connectivity index (χ0n) is 14.1. The summed E-state index contributed by atoms with van der Waals surface area (Å²) in [5, 5.41) is 11.1. The molecule has 1 aromatic rings. The van der Waals surface area contributed by atoms with Crippen LogP contribution in [-0.4, -0.2) is 43.7 Å². The Morgan fingerprint density at radius 2 is 2.00 bits per heavy atom. The van der Waals surface area contributed by atoms with Gasteiger partial charge in [-0.05, 0) is 6.07 Å². The van der Waals surface area contributed by atoms with E-state index < -0.39 is 22.6 Å². The smallest absolute Gasteiger partial charge is 0.325 e. The van der Waals surface area contributed by atoms with Gasteiger partial charge in [-0.2, -0.15) is 0 Å². The Labute approximate surface area is 143 Å². The minimum absolute atomic E-state index is 0.192. The lowest BCUT2D eigenvalue weighted by Crippen LogP contribution is -2.52. The highest BCUT2D eigenvalue weighted by molar-refractivity contribution is 6.08. The number of nitro groups is 1. The minimum Gasteiger partial charge on any atom is -0.468 e. The van der Waals surface area contributed by atoms with Gasteiger partial charge in [-0.15, -0.1) is 0 Å². The molecule has 1 spiro atoms. The molecule has 2 heterocycles. The number of non-ortho nitro benzene ring substituents is 1. The minimum atomic E-state index is -1.77. The van der Waals surface area contributed by atoms with Gasteiger partial charge < -0.3 is 14.2 Å². The third-order valence-electron chi connectivity index (χ3n) is 4.21. The van der Waals surface area contributed by atoms with Crippen molar-refractivity contribution < 1.29 is 28.7 Å². The first kappa shape index (κ1) is 17.3. The second-order valence-electron chi connectivity index (χ2n) is 6.78. The number of carbonyl (C=O) groups excluding carboxylic acids is 2. The van der Waals surface area contributed by atoms with Crippen molar-refractivity contribution >= 4 is 23.3 Å². The predicted molar refractivity (Wildman–Crippen MR) is 84.8 cm³/mol. The van der Waals surface area contributed by atoms with E-state index in [1.54, 1.807) is 0 Å². The normalized spacial score (nSPS) is 20.4. The van der Waals surface area contributed by atoms with Crippen LogP contribution in [-0.2, 0) is 29.6 Å². The van der Waals surface area contributed by atoms with Crippen LogP contribution in [0.3, 0.4) is 0 Å². The standard InChI is InChI=1S/C16H18N2O7/c1-15(2)8-24-16(25-9-15)11-6-10(18(21)22)4-5-12(11)17(14(16)20)7-13(19)23-3/h4-6H,7-9H2,1-3H3. The fourth-order valence-corrected chi connectivity index (χ4v) is 2.85. The molecule has 9 heteroatoms. The van der Waals surface area contributed by atoms with E-state index in [1.807, 2.05) is 13.8 Å². The van der Waals surface area contributed by atoms with Gasteiger partial charge in [0.1, 0.15) is 6.54 Å². The molecule has 0 atom stereocenters. The summed E-state index contributed by atoms with van der Waals surface area (Å²) in [5.74, 6) is -2.99. The highest BCUT2D eigenvalue weighted by Gasteiger charge is 2.57. The van der Waals surface area contributed by atoms with Crippen molar-refractivity contribution in [3.63, 3.8) is 0 Å². The van der Waals surface area contributed by atoms with E-state index in [0.29, 0.717) is 5.69 Å². The maximum absolute atomic E-state index is 13.0. The van der Waals surface area contributed by atoms with Crippen molar-refractivity contribution in [1.82, 2.24) is 0 Å². The number of nitrogens with zero attached hydrogens (tertiary/aromatic N) is 2. The molecule has 0 bridgehead atoms. The summed E-state index contributed by atoms with van der Waals surface area (Å²) in [6.45, 7) is 3.96. The van der Waals surface area contributed by atoms with E-state index in [-0.39, 0.29) is 36.4 Å². The van der Waals surface area contributed by atoms with Crippen LogP contribution in [0.2, 0.25) is 0 Å². The fourth-order valence-electron chi connectivity index (χ4n) is 2.85. The van der Waals surface area contributed by atoms with Gasteiger partial charge in [0, 0.05) is 17.5 Å². The number of hydrogen-bond donors (Lipinski definition) is 0. The van der Waals surface area contributed by atoms with E-state index in [9.17, 15) is 19.7 Å². The van der Waals surface area contributed by atoms with Crippen molar-refractivity contribution in [2.24, 2.45) is 5.41 Å². The average molecular weight is 350 g/mol. The number of ether oxygens (including phenoxy) is 3. The van der Waals surface area contributed by atoms with Gasteiger partial charge in [0.15, 0.2) is 0 Å². The Bertz CT molecular complexity index is 749. The van der Waals surface area contributed by atoms with Crippen molar-refractivity contribution in [2.75, 3.05) is 31.8 Å². The quantitative estimate of drug-likeness (QED) is 0.460.